The minimum atomic E-state index is 0.124. The molecular weight excluding hydrogens is 436 g/mol. The molecule has 35 heavy (non-hydrogen) atoms. The van der Waals surface area contributed by atoms with E-state index in [0.717, 1.165) is 71.6 Å². The Kier molecular flexibility index (Phi) is 6.80. The molecule has 5 rings (SSSR count). The van der Waals surface area contributed by atoms with Crippen molar-refractivity contribution in [2.45, 2.75) is 46.0 Å². The summed E-state index contributed by atoms with van der Waals surface area (Å²) in [5.41, 5.74) is 4.28. The van der Waals surface area contributed by atoms with Crippen molar-refractivity contribution in [3.63, 3.8) is 0 Å². The zero-order valence-corrected chi connectivity index (χ0v) is 20.4. The van der Waals surface area contributed by atoms with Crippen molar-refractivity contribution in [2.75, 3.05) is 17.2 Å². The lowest BCUT2D eigenvalue weighted by Gasteiger charge is -2.20. The van der Waals surface area contributed by atoms with Crippen LogP contribution in [0.4, 0.5) is 11.5 Å². The third-order valence-corrected chi connectivity index (χ3v) is 6.62. The van der Waals surface area contributed by atoms with Crippen LogP contribution in [0.1, 0.15) is 46.0 Å². The number of carbonyl (C=O) groups is 1. The second kappa shape index (κ2) is 10.3. The van der Waals surface area contributed by atoms with E-state index in [9.17, 15) is 4.79 Å². The number of amides is 1. The Hall–Kier alpha value is -3.67. The molecule has 2 heterocycles. The summed E-state index contributed by atoms with van der Waals surface area (Å²) in [5.74, 6) is 2.24. The Bertz CT molecular complexity index is 1290. The average Bonchev–Trinajstić information content (AvgIpc) is 3.29. The maximum Gasteiger partial charge on any atom is 0.232 e. The summed E-state index contributed by atoms with van der Waals surface area (Å²) in [7, 11) is 0. The van der Waals surface area contributed by atoms with Crippen molar-refractivity contribution in [1.82, 2.24) is 9.97 Å². The lowest BCUT2D eigenvalue weighted by Crippen LogP contribution is -2.24. The van der Waals surface area contributed by atoms with E-state index in [1.54, 1.807) is 0 Å². The van der Waals surface area contributed by atoms with Crippen LogP contribution < -0.4 is 10.6 Å². The van der Waals surface area contributed by atoms with Crippen molar-refractivity contribution in [3.8, 4) is 22.5 Å². The van der Waals surface area contributed by atoms with Gasteiger partial charge in [-0.15, -0.1) is 0 Å². The number of rotatable bonds is 7. The SMILES string of the molecule is CC(C)CNc1ncnc2oc(-c3ccc(NC(=O)C4CCCCC4)cc3)c(-c3ccccc3)c12. The van der Waals surface area contributed by atoms with Gasteiger partial charge in [0, 0.05) is 29.3 Å². The van der Waals surface area contributed by atoms with Gasteiger partial charge in [-0.2, -0.15) is 0 Å². The number of carbonyl (C=O) groups excluding carboxylic acids is 1. The van der Waals surface area contributed by atoms with Crippen LogP contribution in [0, 0.1) is 11.8 Å². The van der Waals surface area contributed by atoms with E-state index < -0.39 is 0 Å². The van der Waals surface area contributed by atoms with Crippen molar-refractivity contribution in [2.24, 2.45) is 11.8 Å². The number of benzene rings is 2. The second-order valence-electron chi connectivity index (χ2n) is 9.75. The van der Waals surface area contributed by atoms with Gasteiger partial charge in [-0.1, -0.05) is 63.4 Å². The maximum absolute atomic E-state index is 12.7. The molecule has 2 aromatic carbocycles. The Morgan fingerprint density at radius 2 is 1.71 bits per heavy atom. The van der Waals surface area contributed by atoms with E-state index in [0.29, 0.717) is 11.6 Å². The third-order valence-electron chi connectivity index (χ3n) is 6.62. The van der Waals surface area contributed by atoms with Gasteiger partial charge in [-0.05, 0) is 48.6 Å². The first-order valence-electron chi connectivity index (χ1n) is 12.6. The number of aromatic nitrogens is 2. The van der Waals surface area contributed by atoms with E-state index in [1.165, 1.54) is 12.7 Å². The Morgan fingerprint density at radius 3 is 2.43 bits per heavy atom. The fourth-order valence-corrected chi connectivity index (χ4v) is 4.77. The van der Waals surface area contributed by atoms with E-state index in [-0.39, 0.29) is 11.8 Å². The summed E-state index contributed by atoms with van der Waals surface area (Å²) in [6.45, 7) is 5.13. The van der Waals surface area contributed by atoms with Gasteiger partial charge in [0.1, 0.15) is 17.9 Å². The monoisotopic (exact) mass is 468 g/mol. The first-order valence-corrected chi connectivity index (χ1v) is 12.6. The molecule has 1 amide bonds. The summed E-state index contributed by atoms with van der Waals surface area (Å²) in [6.07, 6.45) is 7.02. The number of furan rings is 1. The summed E-state index contributed by atoms with van der Waals surface area (Å²) >= 11 is 0. The maximum atomic E-state index is 12.7. The Balaban J connectivity index is 1.51. The number of hydrogen-bond acceptors (Lipinski definition) is 5. The van der Waals surface area contributed by atoms with E-state index in [1.807, 2.05) is 42.5 Å². The molecule has 0 unspecified atom stereocenters. The lowest BCUT2D eigenvalue weighted by molar-refractivity contribution is -0.120. The van der Waals surface area contributed by atoms with Crippen LogP contribution in [-0.4, -0.2) is 22.4 Å². The summed E-state index contributed by atoms with van der Waals surface area (Å²) in [5, 5.41) is 7.44. The van der Waals surface area contributed by atoms with Crippen LogP contribution >= 0.6 is 0 Å². The van der Waals surface area contributed by atoms with Crippen LogP contribution in [-0.2, 0) is 4.79 Å². The lowest BCUT2D eigenvalue weighted by atomic mass is 9.88. The van der Waals surface area contributed by atoms with Crippen LogP contribution in [0.5, 0.6) is 0 Å². The largest absolute Gasteiger partial charge is 0.437 e. The average molecular weight is 469 g/mol. The van der Waals surface area contributed by atoms with Gasteiger partial charge in [0.25, 0.3) is 0 Å². The highest BCUT2D eigenvalue weighted by atomic mass is 16.3. The number of anilines is 2. The van der Waals surface area contributed by atoms with Gasteiger partial charge in [-0.25, -0.2) is 9.97 Å². The fraction of sp³-hybridized carbons (Fsp3) is 0.345. The Morgan fingerprint density at radius 1 is 0.971 bits per heavy atom. The molecule has 0 aliphatic heterocycles. The van der Waals surface area contributed by atoms with Crippen LogP contribution in [0.2, 0.25) is 0 Å². The van der Waals surface area contributed by atoms with Gasteiger partial charge in [-0.3, -0.25) is 4.79 Å². The smallest absolute Gasteiger partial charge is 0.232 e. The zero-order valence-electron chi connectivity index (χ0n) is 20.4. The standard InChI is InChI=1S/C29H32N4O2/c1-19(2)17-30-27-25-24(20-9-5-3-6-10-20)26(35-29(25)32-18-31-27)21-13-15-23(16-14-21)33-28(34)22-11-7-4-8-12-22/h3,5-6,9-10,13-16,18-19,22H,4,7-8,11-12,17H2,1-2H3,(H,33,34)(H,30,31,32). The van der Waals surface area contributed by atoms with Crippen molar-refractivity contribution >= 4 is 28.5 Å². The van der Waals surface area contributed by atoms with Crippen LogP contribution in [0.15, 0.2) is 65.3 Å². The minimum absolute atomic E-state index is 0.124. The highest BCUT2D eigenvalue weighted by molar-refractivity contribution is 6.06. The molecule has 0 radical (unpaired) electrons. The minimum Gasteiger partial charge on any atom is -0.437 e. The highest BCUT2D eigenvalue weighted by Crippen LogP contribution is 2.42. The van der Waals surface area contributed by atoms with E-state index >= 15 is 0 Å². The van der Waals surface area contributed by atoms with E-state index in [2.05, 4.69) is 46.6 Å². The Labute approximate surface area is 206 Å². The predicted octanol–water partition coefficient (Wildman–Crippen LogP) is 7.14. The molecule has 6 nitrogen and oxygen atoms in total. The van der Waals surface area contributed by atoms with Gasteiger partial charge in [0.15, 0.2) is 0 Å². The number of nitrogens with one attached hydrogen (secondary N) is 2. The molecule has 1 saturated carbocycles. The molecule has 2 N–H and O–H groups in total. The molecule has 1 aliphatic rings. The first-order chi connectivity index (χ1) is 17.1. The molecule has 4 aromatic rings. The van der Waals surface area contributed by atoms with Gasteiger partial charge < -0.3 is 15.1 Å². The molecule has 1 aliphatic carbocycles. The molecule has 6 heteroatoms. The van der Waals surface area contributed by atoms with Gasteiger partial charge in [0.05, 0.1) is 5.39 Å². The molecule has 0 saturated heterocycles. The van der Waals surface area contributed by atoms with Crippen LogP contribution in [0.25, 0.3) is 33.6 Å². The number of nitrogens with zero attached hydrogens (tertiary/aromatic N) is 2. The van der Waals surface area contributed by atoms with Crippen LogP contribution in [0.3, 0.4) is 0 Å². The zero-order chi connectivity index (χ0) is 24.2. The summed E-state index contributed by atoms with van der Waals surface area (Å²) in [4.78, 5) is 21.6. The number of hydrogen-bond donors (Lipinski definition) is 2. The molecular formula is C29H32N4O2. The number of fused-ring (bicyclic) bond motifs is 1. The molecule has 0 atom stereocenters. The molecule has 180 valence electrons. The van der Waals surface area contributed by atoms with Crippen molar-refractivity contribution in [1.29, 1.82) is 0 Å². The predicted molar refractivity (Wildman–Crippen MR) is 141 cm³/mol. The first kappa shape index (κ1) is 23.1. The molecule has 2 aromatic heterocycles. The summed E-state index contributed by atoms with van der Waals surface area (Å²) in [6, 6.07) is 18.1. The topological polar surface area (TPSA) is 80.1 Å². The van der Waals surface area contributed by atoms with Gasteiger partial charge >= 0.3 is 0 Å². The summed E-state index contributed by atoms with van der Waals surface area (Å²) < 4.78 is 6.32. The molecule has 0 bridgehead atoms. The van der Waals surface area contributed by atoms with E-state index in [4.69, 9.17) is 4.42 Å². The molecule has 1 fully saturated rings. The third kappa shape index (κ3) is 5.06. The van der Waals surface area contributed by atoms with Gasteiger partial charge in [0.2, 0.25) is 11.6 Å². The molecule has 0 spiro atoms. The highest BCUT2D eigenvalue weighted by Gasteiger charge is 2.23. The normalized spacial score (nSPS) is 14.4. The van der Waals surface area contributed by atoms with Crippen molar-refractivity contribution < 1.29 is 9.21 Å². The van der Waals surface area contributed by atoms with Crippen molar-refractivity contribution in [3.05, 3.63) is 60.9 Å². The fourth-order valence-electron chi connectivity index (χ4n) is 4.77. The quantitative estimate of drug-likeness (QED) is 0.301. The second-order valence-corrected chi connectivity index (χ2v) is 9.75.